The molecule has 218 valence electrons. The number of allylic oxidation sites excluding steroid dienone is 1. The normalized spacial score (nSPS) is 48.8. The van der Waals surface area contributed by atoms with Crippen LogP contribution in [0.2, 0.25) is 18.1 Å². The standard InChI is InChI=1S/C33H58O4Si/c1-21(2)13-18-32(34)22(3)33(35)28(36-32)20-27-25-12-11-23-19-24(37-38(9,10)29(4,5)6)14-16-30(23,7)26(25)15-17-31(27,33)8/h11,21-22,24-28,34-35H,12-20H2,1-10H3/t22-,24+,25-,26+,27+,28+,30+,31+,32-,33-/m1/s1. The molecule has 4 fully saturated rings. The van der Waals surface area contributed by atoms with Gasteiger partial charge in [-0.3, -0.25) is 0 Å². The number of aliphatic hydroxyl groups is 2. The summed E-state index contributed by atoms with van der Waals surface area (Å²) in [5, 5.41) is 24.2. The molecule has 5 aliphatic rings. The van der Waals surface area contributed by atoms with Crippen LogP contribution in [0.25, 0.3) is 0 Å². The van der Waals surface area contributed by atoms with Crippen LogP contribution in [-0.2, 0) is 9.16 Å². The first kappa shape index (κ1) is 29.3. The summed E-state index contributed by atoms with van der Waals surface area (Å²) in [6.45, 7) is 23.1. The molecule has 0 bridgehead atoms. The van der Waals surface area contributed by atoms with Crippen molar-refractivity contribution in [2.75, 3.05) is 0 Å². The van der Waals surface area contributed by atoms with Crippen LogP contribution in [0.4, 0.5) is 0 Å². The monoisotopic (exact) mass is 546 g/mol. The Labute approximate surface area is 234 Å². The third-order valence-electron chi connectivity index (χ3n) is 13.4. The van der Waals surface area contributed by atoms with Crippen molar-refractivity contribution in [3.05, 3.63) is 11.6 Å². The summed E-state index contributed by atoms with van der Waals surface area (Å²) < 4.78 is 13.4. The zero-order valence-corrected chi connectivity index (χ0v) is 27.2. The van der Waals surface area contributed by atoms with Gasteiger partial charge in [0.15, 0.2) is 14.1 Å². The molecule has 5 heteroatoms. The number of hydrogen-bond donors (Lipinski definition) is 2. The van der Waals surface area contributed by atoms with E-state index in [1.165, 1.54) is 19.3 Å². The van der Waals surface area contributed by atoms with E-state index in [1.54, 1.807) is 5.57 Å². The maximum absolute atomic E-state index is 12.4. The Hall–Kier alpha value is -0.203. The predicted molar refractivity (Wildman–Crippen MR) is 157 cm³/mol. The zero-order valence-electron chi connectivity index (χ0n) is 26.2. The van der Waals surface area contributed by atoms with E-state index in [2.05, 4.69) is 74.6 Å². The van der Waals surface area contributed by atoms with Gasteiger partial charge in [0.25, 0.3) is 0 Å². The van der Waals surface area contributed by atoms with E-state index in [4.69, 9.17) is 9.16 Å². The van der Waals surface area contributed by atoms with Gasteiger partial charge in [-0.1, -0.05) is 67.0 Å². The summed E-state index contributed by atoms with van der Waals surface area (Å²) >= 11 is 0. The summed E-state index contributed by atoms with van der Waals surface area (Å²) in [6, 6.07) is 0. The topological polar surface area (TPSA) is 58.9 Å². The molecule has 2 N–H and O–H groups in total. The minimum atomic E-state index is -1.78. The minimum absolute atomic E-state index is 0.203. The van der Waals surface area contributed by atoms with Crippen LogP contribution in [0.5, 0.6) is 0 Å². The molecule has 0 spiro atoms. The fourth-order valence-corrected chi connectivity index (χ4v) is 11.1. The van der Waals surface area contributed by atoms with E-state index in [-0.39, 0.29) is 27.9 Å². The van der Waals surface area contributed by atoms with Gasteiger partial charge in [0.1, 0.15) is 5.60 Å². The van der Waals surface area contributed by atoms with Crippen molar-refractivity contribution >= 4 is 8.32 Å². The first-order valence-corrected chi connectivity index (χ1v) is 18.8. The molecule has 0 aromatic carbocycles. The van der Waals surface area contributed by atoms with E-state index in [0.717, 1.165) is 32.1 Å². The second-order valence-electron chi connectivity index (χ2n) is 16.6. The Balaban J connectivity index is 1.36. The van der Waals surface area contributed by atoms with Crippen molar-refractivity contribution in [1.82, 2.24) is 0 Å². The van der Waals surface area contributed by atoms with Crippen LogP contribution in [0, 0.1) is 40.4 Å². The van der Waals surface area contributed by atoms with Crippen LogP contribution in [0.15, 0.2) is 11.6 Å². The van der Waals surface area contributed by atoms with Gasteiger partial charge in [0.2, 0.25) is 0 Å². The van der Waals surface area contributed by atoms with Crippen LogP contribution < -0.4 is 0 Å². The third-order valence-corrected chi connectivity index (χ3v) is 17.9. The smallest absolute Gasteiger partial charge is 0.192 e. The molecule has 1 aliphatic heterocycles. The number of hydrogen-bond acceptors (Lipinski definition) is 4. The molecule has 0 amide bonds. The first-order valence-electron chi connectivity index (χ1n) is 15.9. The summed E-state index contributed by atoms with van der Waals surface area (Å²) in [6.07, 6.45) is 11.9. The molecule has 5 rings (SSSR count). The average Bonchev–Trinajstić information content (AvgIpc) is 3.15. The van der Waals surface area contributed by atoms with E-state index in [9.17, 15) is 10.2 Å². The Morgan fingerprint density at radius 3 is 2.42 bits per heavy atom. The van der Waals surface area contributed by atoms with Gasteiger partial charge in [0, 0.05) is 23.9 Å². The van der Waals surface area contributed by atoms with Crippen molar-refractivity contribution < 1.29 is 19.4 Å². The summed E-state index contributed by atoms with van der Waals surface area (Å²) in [7, 11) is -1.78. The third kappa shape index (κ3) is 4.10. The fraction of sp³-hybridized carbons (Fsp3) is 0.939. The van der Waals surface area contributed by atoms with Crippen LogP contribution in [0.1, 0.15) is 113 Å². The minimum Gasteiger partial charge on any atom is -0.414 e. The lowest BCUT2D eigenvalue weighted by Gasteiger charge is -2.59. The molecule has 0 aromatic heterocycles. The van der Waals surface area contributed by atoms with Crippen molar-refractivity contribution in [3.8, 4) is 0 Å². The average molecular weight is 547 g/mol. The highest BCUT2D eigenvalue weighted by atomic mass is 28.4. The number of fused-ring (bicyclic) bond motifs is 7. The van der Waals surface area contributed by atoms with Gasteiger partial charge < -0.3 is 19.4 Å². The molecule has 3 saturated carbocycles. The molecule has 0 radical (unpaired) electrons. The highest BCUT2D eigenvalue weighted by molar-refractivity contribution is 6.74. The van der Waals surface area contributed by atoms with Gasteiger partial charge in [0.05, 0.1) is 6.10 Å². The van der Waals surface area contributed by atoms with Gasteiger partial charge in [-0.2, -0.15) is 0 Å². The predicted octanol–water partition coefficient (Wildman–Crippen LogP) is 7.84. The quantitative estimate of drug-likeness (QED) is 0.272. The number of ether oxygens (including phenoxy) is 1. The Kier molecular flexibility index (Phi) is 7.05. The summed E-state index contributed by atoms with van der Waals surface area (Å²) in [5.41, 5.74) is 0.753. The number of rotatable bonds is 5. The van der Waals surface area contributed by atoms with Gasteiger partial charge in [-0.15, -0.1) is 0 Å². The maximum atomic E-state index is 12.4. The summed E-state index contributed by atoms with van der Waals surface area (Å²) in [5.74, 6) is 0.752. The zero-order chi connectivity index (χ0) is 28.1. The van der Waals surface area contributed by atoms with Crippen molar-refractivity contribution in [2.24, 2.45) is 40.4 Å². The molecule has 38 heavy (non-hydrogen) atoms. The van der Waals surface area contributed by atoms with Gasteiger partial charge in [-0.05, 0) is 98.6 Å². The molecular weight excluding hydrogens is 488 g/mol. The van der Waals surface area contributed by atoms with E-state index < -0.39 is 19.7 Å². The molecule has 4 nitrogen and oxygen atoms in total. The second-order valence-corrected chi connectivity index (χ2v) is 21.4. The Morgan fingerprint density at radius 2 is 1.79 bits per heavy atom. The highest BCUT2D eigenvalue weighted by Gasteiger charge is 2.75. The first-order chi connectivity index (χ1) is 17.4. The van der Waals surface area contributed by atoms with E-state index in [0.29, 0.717) is 36.2 Å². The summed E-state index contributed by atoms with van der Waals surface area (Å²) in [4.78, 5) is 0. The van der Waals surface area contributed by atoms with Gasteiger partial charge in [-0.25, -0.2) is 0 Å². The maximum Gasteiger partial charge on any atom is 0.192 e. The second kappa shape index (κ2) is 9.15. The largest absolute Gasteiger partial charge is 0.414 e. The Bertz CT molecular complexity index is 953. The molecule has 0 aromatic rings. The molecular formula is C33H58O4Si. The van der Waals surface area contributed by atoms with Crippen molar-refractivity contribution in [3.63, 3.8) is 0 Å². The van der Waals surface area contributed by atoms with E-state index >= 15 is 0 Å². The molecule has 1 saturated heterocycles. The van der Waals surface area contributed by atoms with E-state index in [1.807, 2.05) is 0 Å². The molecule has 1 heterocycles. The SMILES string of the molecule is CC(C)CC[C@@]1(O)O[C@H]2C[C@H]3[C@@H]4CC=C5C[C@@H](O[Si](C)(C)C(C)(C)C)CC[C@]5(C)[C@H]4CC[C@]3(C)[C@@]2(O)[C@@H]1C. The van der Waals surface area contributed by atoms with Crippen LogP contribution in [-0.4, -0.2) is 42.1 Å². The molecule has 0 unspecified atom stereocenters. The van der Waals surface area contributed by atoms with Crippen molar-refractivity contribution in [1.29, 1.82) is 0 Å². The lowest BCUT2D eigenvalue weighted by molar-refractivity contribution is -0.223. The molecule has 4 aliphatic carbocycles. The highest BCUT2D eigenvalue weighted by Crippen LogP contribution is 2.71. The van der Waals surface area contributed by atoms with Crippen molar-refractivity contribution in [2.45, 2.75) is 155 Å². The van der Waals surface area contributed by atoms with Crippen LogP contribution in [0.3, 0.4) is 0 Å². The fourth-order valence-electron chi connectivity index (χ4n) is 9.73. The molecule has 10 atom stereocenters. The Morgan fingerprint density at radius 1 is 1.11 bits per heavy atom. The van der Waals surface area contributed by atoms with Gasteiger partial charge >= 0.3 is 0 Å². The lowest BCUT2D eigenvalue weighted by Crippen LogP contribution is -2.59. The van der Waals surface area contributed by atoms with Crippen LogP contribution >= 0.6 is 0 Å². The lowest BCUT2D eigenvalue weighted by atomic mass is 9.46.